The van der Waals surface area contributed by atoms with Crippen LogP contribution in [0, 0.1) is 0 Å². The Labute approximate surface area is 198 Å². The van der Waals surface area contributed by atoms with Gasteiger partial charge in [0.15, 0.2) is 0 Å². The van der Waals surface area contributed by atoms with Crippen LogP contribution in [-0.4, -0.2) is 69.8 Å². The molecule has 0 atom stereocenters. The molecule has 0 unspecified atom stereocenters. The molecule has 2 N–H and O–H groups in total. The van der Waals surface area contributed by atoms with Crippen LogP contribution in [0.5, 0.6) is 0 Å². The number of amides is 1. The van der Waals surface area contributed by atoms with Gasteiger partial charge in [-0.05, 0) is 45.1 Å². The van der Waals surface area contributed by atoms with Crippen LogP contribution in [0.15, 0.2) is 30.3 Å². The number of carboxylic acid groups (broad SMARTS) is 1. The Morgan fingerprint density at radius 2 is 1.24 bits per heavy atom. The average molecular weight is 470 g/mol. The quantitative estimate of drug-likeness (QED) is 0.280. The lowest BCUT2D eigenvalue weighted by Gasteiger charge is -2.06. The van der Waals surface area contributed by atoms with Crippen LogP contribution in [0.1, 0.15) is 57.9 Å². The van der Waals surface area contributed by atoms with Crippen molar-refractivity contribution in [3.05, 3.63) is 35.9 Å². The normalized spacial score (nSPS) is 10.4. The van der Waals surface area contributed by atoms with E-state index in [2.05, 4.69) is 5.32 Å². The lowest BCUT2D eigenvalue weighted by atomic mass is 10.2. The SMILES string of the molecule is CCOCCOCCCCC(=O)NCc1ccccc1.CCOCCOCCCCC(=O)O. The van der Waals surface area contributed by atoms with E-state index in [1.807, 2.05) is 44.2 Å². The standard InChI is InChI=1S/C16H25NO3.C9H18O4/c1-2-19-12-13-20-11-7-6-10-16(18)17-14-15-8-4-3-5-9-15;1-2-12-7-8-13-6-4-3-5-9(10)11/h3-5,8-9H,2,6-7,10-14H2,1H3,(H,17,18);2-8H2,1H3,(H,10,11). The van der Waals surface area contributed by atoms with Crippen LogP contribution in [-0.2, 0) is 35.1 Å². The van der Waals surface area contributed by atoms with Gasteiger partial charge in [-0.2, -0.15) is 0 Å². The molecule has 0 saturated heterocycles. The van der Waals surface area contributed by atoms with Gasteiger partial charge in [0.25, 0.3) is 0 Å². The van der Waals surface area contributed by atoms with Gasteiger partial charge in [-0.1, -0.05) is 30.3 Å². The predicted octanol–water partition coefficient (Wildman–Crippen LogP) is 3.82. The Balaban J connectivity index is 0.000000684. The fourth-order valence-electron chi connectivity index (χ4n) is 2.58. The Morgan fingerprint density at radius 1 is 0.727 bits per heavy atom. The van der Waals surface area contributed by atoms with E-state index in [0.29, 0.717) is 65.6 Å². The van der Waals surface area contributed by atoms with Crippen LogP contribution < -0.4 is 5.32 Å². The third kappa shape index (κ3) is 24.5. The van der Waals surface area contributed by atoms with E-state index in [0.717, 1.165) is 31.4 Å². The smallest absolute Gasteiger partial charge is 0.303 e. The van der Waals surface area contributed by atoms with Gasteiger partial charge in [0.1, 0.15) is 0 Å². The minimum absolute atomic E-state index is 0.100. The summed E-state index contributed by atoms with van der Waals surface area (Å²) in [6.07, 6.45) is 4.04. The molecule has 1 amide bonds. The molecule has 0 spiro atoms. The number of carboxylic acids is 1. The second kappa shape index (κ2) is 24.6. The molecule has 1 aromatic rings. The maximum atomic E-state index is 11.6. The minimum Gasteiger partial charge on any atom is -0.481 e. The van der Waals surface area contributed by atoms with Crippen LogP contribution in [0.4, 0.5) is 0 Å². The highest BCUT2D eigenvalue weighted by Crippen LogP contribution is 2.00. The molecular weight excluding hydrogens is 426 g/mol. The maximum Gasteiger partial charge on any atom is 0.303 e. The molecule has 1 aromatic carbocycles. The number of aliphatic carboxylic acids is 1. The van der Waals surface area contributed by atoms with E-state index in [4.69, 9.17) is 24.1 Å². The number of benzene rings is 1. The van der Waals surface area contributed by atoms with Gasteiger partial charge in [-0.25, -0.2) is 0 Å². The summed E-state index contributed by atoms with van der Waals surface area (Å²) in [6.45, 7) is 9.76. The zero-order chi connectivity index (χ0) is 24.4. The fraction of sp³-hybridized carbons (Fsp3) is 0.680. The molecule has 0 aliphatic carbocycles. The molecule has 0 saturated carbocycles. The summed E-state index contributed by atoms with van der Waals surface area (Å²) in [4.78, 5) is 21.7. The van der Waals surface area contributed by atoms with Crippen molar-refractivity contribution < 1.29 is 33.6 Å². The largest absolute Gasteiger partial charge is 0.481 e. The van der Waals surface area contributed by atoms with Crippen molar-refractivity contribution in [2.75, 3.05) is 52.9 Å². The molecular formula is C25H43NO7. The monoisotopic (exact) mass is 469 g/mol. The third-order valence-electron chi connectivity index (χ3n) is 4.36. The van der Waals surface area contributed by atoms with Crippen molar-refractivity contribution in [1.29, 1.82) is 0 Å². The molecule has 0 aliphatic rings. The van der Waals surface area contributed by atoms with E-state index >= 15 is 0 Å². The molecule has 1 rings (SSSR count). The summed E-state index contributed by atoms with van der Waals surface area (Å²) >= 11 is 0. The minimum atomic E-state index is -0.741. The summed E-state index contributed by atoms with van der Waals surface area (Å²) in [5, 5.41) is 11.2. The van der Waals surface area contributed by atoms with Crippen LogP contribution in [0.25, 0.3) is 0 Å². The van der Waals surface area contributed by atoms with E-state index in [1.165, 1.54) is 0 Å². The van der Waals surface area contributed by atoms with E-state index in [9.17, 15) is 9.59 Å². The molecule has 33 heavy (non-hydrogen) atoms. The number of rotatable bonds is 20. The van der Waals surface area contributed by atoms with Gasteiger partial charge in [-0.15, -0.1) is 0 Å². The van der Waals surface area contributed by atoms with Gasteiger partial charge in [0, 0.05) is 45.8 Å². The fourth-order valence-corrected chi connectivity index (χ4v) is 2.58. The Bertz CT molecular complexity index is 569. The number of hydrogen-bond acceptors (Lipinski definition) is 6. The van der Waals surface area contributed by atoms with Gasteiger partial charge in [-0.3, -0.25) is 9.59 Å². The van der Waals surface area contributed by atoms with Crippen molar-refractivity contribution >= 4 is 11.9 Å². The zero-order valence-corrected chi connectivity index (χ0v) is 20.4. The van der Waals surface area contributed by atoms with Crippen molar-refractivity contribution in [1.82, 2.24) is 5.32 Å². The Morgan fingerprint density at radius 3 is 1.76 bits per heavy atom. The Kier molecular flexibility index (Phi) is 23.1. The Hall–Kier alpha value is -2.00. The number of unbranched alkanes of at least 4 members (excludes halogenated alkanes) is 2. The highest BCUT2D eigenvalue weighted by molar-refractivity contribution is 5.75. The molecule has 0 radical (unpaired) electrons. The highest BCUT2D eigenvalue weighted by atomic mass is 16.5. The first-order valence-electron chi connectivity index (χ1n) is 11.9. The number of hydrogen-bond donors (Lipinski definition) is 2. The van der Waals surface area contributed by atoms with Gasteiger partial charge in [0.2, 0.25) is 5.91 Å². The molecule has 0 aliphatic heterocycles. The molecule has 0 aromatic heterocycles. The van der Waals surface area contributed by atoms with E-state index < -0.39 is 5.97 Å². The molecule has 0 bridgehead atoms. The van der Waals surface area contributed by atoms with Crippen LogP contribution in [0.3, 0.4) is 0 Å². The first-order valence-corrected chi connectivity index (χ1v) is 11.9. The summed E-state index contributed by atoms with van der Waals surface area (Å²) < 4.78 is 20.8. The zero-order valence-electron chi connectivity index (χ0n) is 20.4. The van der Waals surface area contributed by atoms with Crippen molar-refractivity contribution in [2.24, 2.45) is 0 Å². The number of nitrogens with one attached hydrogen (secondary N) is 1. The van der Waals surface area contributed by atoms with Gasteiger partial charge < -0.3 is 29.4 Å². The second-order valence-corrected chi connectivity index (χ2v) is 7.19. The molecule has 8 nitrogen and oxygen atoms in total. The highest BCUT2D eigenvalue weighted by Gasteiger charge is 2.01. The second-order valence-electron chi connectivity index (χ2n) is 7.19. The first kappa shape index (κ1) is 31.0. The lowest BCUT2D eigenvalue weighted by Crippen LogP contribution is -2.22. The van der Waals surface area contributed by atoms with Gasteiger partial charge in [0.05, 0.1) is 26.4 Å². The summed E-state index contributed by atoms with van der Waals surface area (Å²) in [5.41, 5.74) is 1.13. The molecule has 0 fully saturated rings. The average Bonchev–Trinajstić information content (AvgIpc) is 2.82. The van der Waals surface area contributed by atoms with E-state index in [1.54, 1.807) is 0 Å². The summed E-state index contributed by atoms with van der Waals surface area (Å²) in [5.74, 6) is -0.641. The van der Waals surface area contributed by atoms with Crippen molar-refractivity contribution in [3.63, 3.8) is 0 Å². The lowest BCUT2D eigenvalue weighted by molar-refractivity contribution is -0.137. The van der Waals surface area contributed by atoms with E-state index in [-0.39, 0.29) is 12.3 Å². The summed E-state index contributed by atoms with van der Waals surface area (Å²) in [7, 11) is 0. The third-order valence-corrected chi connectivity index (χ3v) is 4.36. The van der Waals surface area contributed by atoms with Crippen molar-refractivity contribution in [3.8, 4) is 0 Å². The maximum absolute atomic E-state index is 11.6. The summed E-state index contributed by atoms with van der Waals surface area (Å²) in [6, 6.07) is 9.93. The molecule has 0 heterocycles. The van der Waals surface area contributed by atoms with Crippen LogP contribution >= 0.6 is 0 Å². The number of carbonyl (C=O) groups excluding carboxylic acids is 1. The molecule has 8 heteroatoms. The topological polar surface area (TPSA) is 103 Å². The van der Waals surface area contributed by atoms with Crippen LogP contribution in [0.2, 0.25) is 0 Å². The van der Waals surface area contributed by atoms with Crippen molar-refractivity contribution in [2.45, 2.75) is 58.9 Å². The first-order chi connectivity index (χ1) is 16.1. The molecule has 190 valence electrons. The van der Waals surface area contributed by atoms with Gasteiger partial charge >= 0.3 is 5.97 Å². The number of carbonyl (C=O) groups is 2. The number of ether oxygens (including phenoxy) is 4. The predicted molar refractivity (Wildman–Crippen MR) is 128 cm³/mol.